The van der Waals surface area contributed by atoms with Gasteiger partial charge in [-0.3, -0.25) is 4.98 Å². The Hall–Kier alpha value is -1.47. The number of fused-ring (bicyclic) bond motifs is 1. The molecule has 2 aromatic heterocycles. The molecule has 1 fully saturated rings. The Bertz CT molecular complexity index is 769. The van der Waals surface area contributed by atoms with Gasteiger partial charge in [0.2, 0.25) is 10.0 Å². The smallest absolute Gasteiger partial charge is 0.214 e. The molecule has 0 spiro atoms. The molecule has 0 saturated carbocycles. The Morgan fingerprint density at radius 3 is 2.95 bits per heavy atom. The highest BCUT2D eigenvalue weighted by Crippen LogP contribution is 2.30. The molecule has 1 saturated heterocycles. The van der Waals surface area contributed by atoms with Gasteiger partial charge in [0.25, 0.3) is 0 Å². The Kier molecular flexibility index (Phi) is 4.18. The molecule has 2 aromatic rings. The van der Waals surface area contributed by atoms with Crippen LogP contribution < -0.4 is 0 Å². The molecule has 1 atom stereocenters. The summed E-state index contributed by atoms with van der Waals surface area (Å²) in [4.78, 5) is 8.81. The van der Waals surface area contributed by atoms with Crippen LogP contribution in [-0.2, 0) is 17.1 Å². The summed E-state index contributed by atoms with van der Waals surface area (Å²) in [5.74, 6) is 1.37. The summed E-state index contributed by atoms with van der Waals surface area (Å²) in [6.45, 7) is 3.14. The van der Waals surface area contributed by atoms with Crippen LogP contribution in [-0.4, -0.2) is 46.1 Å². The van der Waals surface area contributed by atoms with Crippen molar-refractivity contribution in [3.05, 3.63) is 24.3 Å². The lowest BCUT2D eigenvalue weighted by atomic mass is 10.1. The summed E-state index contributed by atoms with van der Waals surface area (Å²) in [5.41, 5.74) is 1.91. The van der Waals surface area contributed by atoms with Gasteiger partial charge in [-0.2, -0.15) is 0 Å². The van der Waals surface area contributed by atoms with E-state index in [2.05, 4.69) is 9.97 Å². The van der Waals surface area contributed by atoms with Crippen molar-refractivity contribution in [2.24, 2.45) is 7.05 Å². The van der Waals surface area contributed by atoms with E-state index >= 15 is 0 Å². The minimum atomic E-state index is -3.12. The highest BCUT2D eigenvalue weighted by atomic mass is 32.2. The minimum Gasteiger partial charge on any atom is -0.330 e. The van der Waals surface area contributed by atoms with Gasteiger partial charge in [0.1, 0.15) is 5.82 Å². The van der Waals surface area contributed by atoms with Gasteiger partial charge >= 0.3 is 0 Å². The maximum absolute atomic E-state index is 12.3. The zero-order chi connectivity index (χ0) is 15.7. The Morgan fingerprint density at radius 1 is 1.41 bits per heavy atom. The fraction of sp³-hybridized carbons (Fsp3) is 0.600. The highest BCUT2D eigenvalue weighted by molar-refractivity contribution is 7.89. The first-order chi connectivity index (χ1) is 10.5. The fourth-order valence-electron chi connectivity index (χ4n) is 3.07. The number of aryl methyl sites for hydroxylation is 1. The topological polar surface area (TPSA) is 68.1 Å². The van der Waals surface area contributed by atoms with Crippen molar-refractivity contribution in [3.8, 4) is 0 Å². The van der Waals surface area contributed by atoms with E-state index in [1.807, 2.05) is 24.6 Å². The molecule has 1 unspecified atom stereocenters. The van der Waals surface area contributed by atoms with Crippen LogP contribution in [0.1, 0.15) is 37.9 Å². The summed E-state index contributed by atoms with van der Waals surface area (Å²) in [7, 11) is -1.15. The second-order valence-corrected chi connectivity index (χ2v) is 8.00. The standard InChI is InChI=1S/C15H22N4O2S/c1-3-4-9-22(20,21)19-8-6-12(11-19)15-17-13-5-7-16-10-14(13)18(15)2/h5,7,10,12H,3-4,6,8-9,11H2,1-2H3. The number of aromatic nitrogens is 3. The molecule has 3 rings (SSSR count). The first-order valence-electron chi connectivity index (χ1n) is 7.77. The Balaban J connectivity index is 1.81. The zero-order valence-corrected chi connectivity index (χ0v) is 13.9. The van der Waals surface area contributed by atoms with Gasteiger partial charge < -0.3 is 4.57 Å². The van der Waals surface area contributed by atoms with Crippen LogP contribution in [0.4, 0.5) is 0 Å². The molecule has 0 amide bonds. The van der Waals surface area contributed by atoms with Crippen LogP contribution >= 0.6 is 0 Å². The van der Waals surface area contributed by atoms with Gasteiger partial charge in [0, 0.05) is 32.3 Å². The number of hydrogen-bond acceptors (Lipinski definition) is 4. The van der Waals surface area contributed by atoms with Crippen molar-refractivity contribution < 1.29 is 8.42 Å². The van der Waals surface area contributed by atoms with Crippen molar-refractivity contribution in [1.29, 1.82) is 0 Å². The molecule has 0 aliphatic carbocycles. The molecular weight excluding hydrogens is 300 g/mol. The minimum absolute atomic E-state index is 0.161. The van der Waals surface area contributed by atoms with Crippen LogP contribution in [0, 0.1) is 0 Å². The maximum atomic E-state index is 12.3. The van der Waals surface area contributed by atoms with Crippen molar-refractivity contribution in [2.45, 2.75) is 32.1 Å². The third-order valence-electron chi connectivity index (χ3n) is 4.38. The van der Waals surface area contributed by atoms with Crippen molar-refractivity contribution in [1.82, 2.24) is 18.8 Å². The van der Waals surface area contributed by atoms with Crippen LogP contribution in [0.15, 0.2) is 18.5 Å². The van der Waals surface area contributed by atoms with Gasteiger partial charge in [-0.05, 0) is 18.9 Å². The van der Waals surface area contributed by atoms with E-state index in [1.165, 1.54) is 0 Å². The zero-order valence-electron chi connectivity index (χ0n) is 13.1. The number of sulfonamides is 1. The van der Waals surface area contributed by atoms with Crippen LogP contribution in [0.25, 0.3) is 11.0 Å². The highest BCUT2D eigenvalue weighted by Gasteiger charge is 2.33. The maximum Gasteiger partial charge on any atom is 0.214 e. The second kappa shape index (κ2) is 5.96. The largest absolute Gasteiger partial charge is 0.330 e. The summed E-state index contributed by atoms with van der Waals surface area (Å²) in [5, 5.41) is 0. The second-order valence-electron chi connectivity index (χ2n) is 5.91. The lowest BCUT2D eigenvalue weighted by Crippen LogP contribution is -2.31. The molecular formula is C15H22N4O2S. The fourth-order valence-corrected chi connectivity index (χ4v) is 4.77. The third-order valence-corrected chi connectivity index (χ3v) is 6.31. The van der Waals surface area contributed by atoms with Crippen LogP contribution in [0.2, 0.25) is 0 Å². The molecule has 7 heteroatoms. The molecule has 22 heavy (non-hydrogen) atoms. The quantitative estimate of drug-likeness (QED) is 0.843. The van der Waals surface area contributed by atoms with E-state index in [0.29, 0.717) is 13.1 Å². The van der Waals surface area contributed by atoms with Gasteiger partial charge in [-0.1, -0.05) is 13.3 Å². The van der Waals surface area contributed by atoms with E-state index in [9.17, 15) is 8.42 Å². The molecule has 120 valence electrons. The monoisotopic (exact) mass is 322 g/mol. The molecule has 1 aliphatic heterocycles. The van der Waals surface area contributed by atoms with Crippen molar-refractivity contribution in [3.63, 3.8) is 0 Å². The predicted octanol–water partition coefficient (Wildman–Crippen LogP) is 1.89. The Labute approximate surface area is 131 Å². The van der Waals surface area contributed by atoms with E-state index in [-0.39, 0.29) is 11.7 Å². The lowest BCUT2D eigenvalue weighted by molar-refractivity contribution is 0.468. The number of unbranched alkanes of at least 4 members (excludes halogenated alkanes) is 1. The summed E-state index contributed by atoms with van der Waals surface area (Å²) < 4.78 is 28.3. The van der Waals surface area contributed by atoms with Gasteiger partial charge in [0.05, 0.1) is 23.0 Å². The lowest BCUT2D eigenvalue weighted by Gasteiger charge is -2.16. The predicted molar refractivity (Wildman–Crippen MR) is 86.1 cm³/mol. The molecule has 6 nitrogen and oxygen atoms in total. The molecule has 1 aliphatic rings. The Morgan fingerprint density at radius 2 is 2.23 bits per heavy atom. The van der Waals surface area contributed by atoms with Crippen LogP contribution in [0.3, 0.4) is 0 Å². The van der Waals surface area contributed by atoms with E-state index in [1.54, 1.807) is 16.7 Å². The van der Waals surface area contributed by atoms with Crippen molar-refractivity contribution >= 4 is 21.1 Å². The number of imidazole rings is 1. The number of nitrogens with zero attached hydrogens (tertiary/aromatic N) is 4. The molecule has 0 radical (unpaired) electrons. The average Bonchev–Trinajstić information content (AvgIpc) is 3.11. The molecule has 0 N–H and O–H groups in total. The van der Waals surface area contributed by atoms with Gasteiger partial charge in [0.15, 0.2) is 0 Å². The molecule has 0 bridgehead atoms. The third kappa shape index (κ3) is 2.75. The number of pyridine rings is 1. The molecule has 3 heterocycles. The van der Waals surface area contributed by atoms with Crippen molar-refractivity contribution in [2.75, 3.05) is 18.8 Å². The van der Waals surface area contributed by atoms with E-state index in [4.69, 9.17) is 0 Å². The first kappa shape index (κ1) is 15.4. The summed E-state index contributed by atoms with van der Waals surface area (Å²) >= 11 is 0. The number of rotatable bonds is 5. The normalized spacial score (nSPS) is 20.0. The molecule has 0 aromatic carbocycles. The van der Waals surface area contributed by atoms with Gasteiger partial charge in [-0.25, -0.2) is 17.7 Å². The van der Waals surface area contributed by atoms with E-state index < -0.39 is 10.0 Å². The van der Waals surface area contributed by atoms with Crippen LogP contribution in [0.5, 0.6) is 0 Å². The van der Waals surface area contributed by atoms with Gasteiger partial charge in [-0.15, -0.1) is 0 Å². The average molecular weight is 322 g/mol. The summed E-state index contributed by atoms with van der Waals surface area (Å²) in [6.07, 6.45) is 5.98. The number of hydrogen-bond donors (Lipinski definition) is 0. The first-order valence-corrected chi connectivity index (χ1v) is 9.38. The SMILES string of the molecule is CCCCS(=O)(=O)N1CCC(c2nc3ccncc3n2C)C1. The van der Waals surface area contributed by atoms with E-state index in [0.717, 1.165) is 36.1 Å². The summed E-state index contributed by atoms with van der Waals surface area (Å²) in [6, 6.07) is 1.89.